The Hall–Kier alpha value is -2.16. The Kier molecular flexibility index (Phi) is 5.76. The number of nitrogens with zero attached hydrogens (tertiary/aromatic N) is 2. The number of hydrogen-bond donors (Lipinski definition) is 2. The van der Waals surface area contributed by atoms with Gasteiger partial charge in [-0.05, 0) is 30.5 Å². The van der Waals surface area contributed by atoms with Gasteiger partial charge in [0.2, 0.25) is 5.91 Å². The number of ether oxygens (including phenoxy) is 1. The number of nitrogens with two attached hydrogens (primary N) is 1. The van der Waals surface area contributed by atoms with Crippen LogP contribution in [0.15, 0.2) is 35.5 Å². The second-order valence-electron chi connectivity index (χ2n) is 7.49. The molecule has 0 fully saturated rings. The lowest BCUT2D eigenvalue weighted by Gasteiger charge is -2.26. The molecule has 0 aliphatic carbocycles. The van der Waals surface area contributed by atoms with E-state index >= 15 is 0 Å². The average Bonchev–Trinajstić information content (AvgIpc) is 3.06. The first-order chi connectivity index (χ1) is 13.9. The molecule has 152 valence electrons. The minimum Gasteiger partial charge on any atom is -0.383 e. The smallest absolute Gasteiger partial charge is 0.237 e. The molecule has 1 aromatic carbocycles. The van der Waals surface area contributed by atoms with Crippen LogP contribution in [0.1, 0.15) is 31.2 Å². The van der Waals surface area contributed by atoms with Crippen LogP contribution in [0.25, 0.3) is 10.2 Å². The molecule has 8 heteroatoms. The second-order valence-corrected chi connectivity index (χ2v) is 9.88. The fraction of sp³-hybridized carbons (Fsp3) is 0.381. The minimum atomic E-state index is -0.352. The maximum absolute atomic E-state index is 12.5. The number of carbonyl (C=O) groups is 1. The predicted octanol–water partition coefficient (Wildman–Crippen LogP) is 4.49. The minimum absolute atomic E-state index is 0.0953. The highest BCUT2D eigenvalue weighted by Crippen LogP contribution is 2.39. The van der Waals surface area contributed by atoms with Crippen molar-refractivity contribution >= 4 is 50.7 Å². The van der Waals surface area contributed by atoms with Crippen LogP contribution in [-0.2, 0) is 22.6 Å². The molecule has 2 aromatic heterocycles. The number of carbonyl (C=O) groups excluding carboxylic acids is 1. The molecule has 3 heterocycles. The van der Waals surface area contributed by atoms with Crippen molar-refractivity contribution in [2.45, 2.75) is 50.3 Å². The summed E-state index contributed by atoms with van der Waals surface area (Å²) < 4.78 is 5.98. The molecule has 0 bridgehead atoms. The number of benzene rings is 1. The number of nitrogen functional groups attached to an aromatic ring is 1. The molecule has 29 heavy (non-hydrogen) atoms. The van der Waals surface area contributed by atoms with E-state index in [4.69, 9.17) is 15.5 Å². The van der Waals surface area contributed by atoms with Gasteiger partial charge in [0.25, 0.3) is 0 Å². The summed E-state index contributed by atoms with van der Waals surface area (Å²) in [5.74, 6) is 0.830. The lowest BCUT2D eigenvalue weighted by atomic mass is 9.96. The predicted molar refractivity (Wildman–Crippen MR) is 119 cm³/mol. The molecule has 1 aliphatic heterocycles. The summed E-state index contributed by atoms with van der Waals surface area (Å²) in [5.41, 5.74) is 8.31. The molecule has 3 N–H and O–H groups in total. The number of rotatable bonds is 5. The highest BCUT2D eigenvalue weighted by molar-refractivity contribution is 8.00. The maximum atomic E-state index is 12.5. The summed E-state index contributed by atoms with van der Waals surface area (Å²) in [6, 6.07) is 9.40. The molecule has 1 aliphatic rings. The van der Waals surface area contributed by atoms with Crippen molar-refractivity contribution in [3.8, 4) is 0 Å². The number of anilines is 2. The van der Waals surface area contributed by atoms with E-state index in [1.807, 2.05) is 37.3 Å². The first-order valence-electron chi connectivity index (χ1n) is 9.64. The van der Waals surface area contributed by atoms with Gasteiger partial charge < -0.3 is 15.8 Å². The van der Waals surface area contributed by atoms with Crippen molar-refractivity contribution in [3.05, 3.63) is 40.8 Å². The molecule has 6 nitrogen and oxygen atoms in total. The number of hydrogen-bond acceptors (Lipinski definition) is 7. The highest BCUT2D eigenvalue weighted by atomic mass is 32.2. The topological polar surface area (TPSA) is 90.1 Å². The highest BCUT2D eigenvalue weighted by Gasteiger charge is 2.28. The molecular weight excluding hydrogens is 404 g/mol. The Labute approximate surface area is 178 Å². The fourth-order valence-electron chi connectivity index (χ4n) is 3.34. The molecule has 0 saturated carbocycles. The Bertz CT molecular complexity index is 1040. The molecule has 4 rings (SSSR count). The number of thioether (sulfide) groups is 1. The summed E-state index contributed by atoms with van der Waals surface area (Å²) in [4.78, 5) is 23.7. The molecule has 1 amide bonds. The quantitative estimate of drug-likeness (QED) is 0.460. The lowest BCUT2D eigenvalue weighted by molar-refractivity contribution is -0.115. The third kappa shape index (κ3) is 4.24. The summed E-state index contributed by atoms with van der Waals surface area (Å²) in [7, 11) is 0. The zero-order chi connectivity index (χ0) is 20.5. The number of fused-ring (bicyclic) bond motifs is 3. The molecular formula is C21H24N4O2S2. The lowest BCUT2D eigenvalue weighted by Crippen LogP contribution is -2.26. The maximum Gasteiger partial charge on any atom is 0.237 e. The Morgan fingerprint density at radius 1 is 1.28 bits per heavy atom. The summed E-state index contributed by atoms with van der Waals surface area (Å²) in [5, 5.41) is 4.02. The normalized spacial score (nSPS) is 17.3. The van der Waals surface area contributed by atoms with Gasteiger partial charge in [-0.25, -0.2) is 9.97 Å². The van der Waals surface area contributed by atoms with Crippen molar-refractivity contribution in [2.75, 3.05) is 11.1 Å². The van der Waals surface area contributed by atoms with Crippen molar-refractivity contribution in [1.82, 2.24) is 9.97 Å². The summed E-state index contributed by atoms with van der Waals surface area (Å²) in [6.45, 7) is 6.77. The number of nitrogens with one attached hydrogen (secondary N) is 1. The van der Waals surface area contributed by atoms with E-state index in [0.717, 1.165) is 22.3 Å². The van der Waals surface area contributed by atoms with Gasteiger partial charge in [-0.15, -0.1) is 11.3 Å². The van der Waals surface area contributed by atoms with Crippen molar-refractivity contribution in [1.29, 1.82) is 0 Å². The molecule has 0 spiro atoms. The zero-order valence-corrected chi connectivity index (χ0v) is 18.3. The Morgan fingerprint density at radius 2 is 2.03 bits per heavy atom. The Morgan fingerprint density at radius 3 is 2.76 bits per heavy atom. The van der Waals surface area contributed by atoms with Gasteiger partial charge in [0.1, 0.15) is 10.6 Å². The van der Waals surface area contributed by atoms with Crippen molar-refractivity contribution in [2.24, 2.45) is 5.92 Å². The molecule has 0 saturated heterocycles. The molecule has 3 aromatic rings. The number of thiophene rings is 1. The van der Waals surface area contributed by atoms with Crippen LogP contribution in [-0.4, -0.2) is 27.2 Å². The SMILES string of the molecule is CC(Sc1nc(N)c2c3c(sc2n1)COC(C(C)C)C3)C(=O)Nc1ccccc1. The van der Waals surface area contributed by atoms with Gasteiger partial charge in [-0.2, -0.15) is 0 Å². The van der Waals surface area contributed by atoms with Crippen LogP contribution >= 0.6 is 23.1 Å². The largest absolute Gasteiger partial charge is 0.383 e. The van der Waals surface area contributed by atoms with E-state index in [1.165, 1.54) is 22.2 Å². The van der Waals surface area contributed by atoms with E-state index in [-0.39, 0.29) is 17.3 Å². The van der Waals surface area contributed by atoms with Gasteiger partial charge in [-0.1, -0.05) is 43.8 Å². The van der Waals surface area contributed by atoms with Gasteiger partial charge in [-0.3, -0.25) is 4.79 Å². The van der Waals surface area contributed by atoms with E-state index in [1.54, 1.807) is 11.3 Å². The van der Waals surface area contributed by atoms with E-state index in [2.05, 4.69) is 24.1 Å². The van der Waals surface area contributed by atoms with Gasteiger partial charge in [0.15, 0.2) is 5.16 Å². The third-order valence-electron chi connectivity index (χ3n) is 5.01. The van der Waals surface area contributed by atoms with Crippen LogP contribution in [0, 0.1) is 5.92 Å². The van der Waals surface area contributed by atoms with Crippen molar-refractivity contribution < 1.29 is 9.53 Å². The number of aromatic nitrogens is 2. The molecule has 2 atom stereocenters. The van der Waals surface area contributed by atoms with E-state index in [9.17, 15) is 4.79 Å². The molecule has 2 unspecified atom stereocenters. The number of para-hydroxylation sites is 1. The summed E-state index contributed by atoms with van der Waals surface area (Å²) in [6.07, 6.45) is 1.03. The fourth-order valence-corrected chi connectivity index (χ4v) is 5.31. The van der Waals surface area contributed by atoms with Crippen LogP contribution in [0.4, 0.5) is 11.5 Å². The van der Waals surface area contributed by atoms with E-state index < -0.39 is 0 Å². The second kappa shape index (κ2) is 8.30. The third-order valence-corrected chi connectivity index (χ3v) is 7.07. The van der Waals surface area contributed by atoms with Gasteiger partial charge in [0, 0.05) is 17.0 Å². The molecule has 0 radical (unpaired) electrons. The summed E-state index contributed by atoms with van der Waals surface area (Å²) >= 11 is 2.92. The Balaban J connectivity index is 1.54. The van der Waals surface area contributed by atoms with Crippen molar-refractivity contribution in [3.63, 3.8) is 0 Å². The standard InChI is InChI=1S/C21H24N4O2S2/c1-11(2)15-9-14-16(10-27-15)29-20-17(14)18(22)24-21(25-20)28-12(3)19(26)23-13-7-5-4-6-8-13/h4-8,11-12,15H,9-10H2,1-3H3,(H,23,26)(H2,22,24,25). The average molecular weight is 429 g/mol. The van der Waals surface area contributed by atoms with Crippen LogP contribution in [0.3, 0.4) is 0 Å². The monoisotopic (exact) mass is 428 g/mol. The first-order valence-corrected chi connectivity index (χ1v) is 11.3. The van der Waals surface area contributed by atoms with Crippen LogP contribution in [0.5, 0.6) is 0 Å². The van der Waals surface area contributed by atoms with Gasteiger partial charge in [0.05, 0.1) is 23.3 Å². The zero-order valence-electron chi connectivity index (χ0n) is 16.6. The first kappa shape index (κ1) is 20.1. The van der Waals surface area contributed by atoms with Crippen LogP contribution < -0.4 is 11.1 Å². The van der Waals surface area contributed by atoms with E-state index in [0.29, 0.717) is 23.5 Å². The van der Waals surface area contributed by atoms with Crippen LogP contribution in [0.2, 0.25) is 0 Å². The van der Waals surface area contributed by atoms with Gasteiger partial charge >= 0.3 is 0 Å². The number of amides is 1.